The number of aliphatic hydroxyl groups is 2. The van der Waals surface area contributed by atoms with Crippen LogP contribution in [0.3, 0.4) is 0 Å². The standard InChI is InChI=1S/C13H20O3/c1-8(14)5-6-10-9(2)12(16)11(15)7-13(10,3)4/h5-6,11-12,15-16H,7H2,1-4H3. The summed E-state index contributed by atoms with van der Waals surface area (Å²) in [5.41, 5.74) is 1.48. The van der Waals surface area contributed by atoms with Crippen molar-refractivity contribution < 1.29 is 15.0 Å². The lowest BCUT2D eigenvalue weighted by molar-refractivity contribution is -0.112. The Bertz CT molecular complexity index is 350. The van der Waals surface area contributed by atoms with E-state index in [9.17, 15) is 15.0 Å². The molecule has 0 aromatic rings. The van der Waals surface area contributed by atoms with Crippen molar-refractivity contribution in [1.29, 1.82) is 0 Å². The molecule has 2 unspecified atom stereocenters. The van der Waals surface area contributed by atoms with E-state index in [0.29, 0.717) is 6.42 Å². The van der Waals surface area contributed by atoms with Crippen LogP contribution in [0.15, 0.2) is 23.3 Å². The summed E-state index contributed by atoms with van der Waals surface area (Å²) in [6, 6.07) is 0. The van der Waals surface area contributed by atoms with Crippen molar-refractivity contribution in [2.75, 3.05) is 0 Å². The van der Waals surface area contributed by atoms with Gasteiger partial charge in [-0.25, -0.2) is 0 Å². The Morgan fingerprint density at radius 2 is 2.00 bits per heavy atom. The molecule has 2 atom stereocenters. The summed E-state index contributed by atoms with van der Waals surface area (Å²) in [5.74, 6) is -0.0169. The fourth-order valence-corrected chi connectivity index (χ4v) is 2.28. The van der Waals surface area contributed by atoms with Crippen molar-refractivity contribution in [2.24, 2.45) is 5.41 Å². The predicted octanol–water partition coefficient (Wildman–Crippen LogP) is 1.60. The average Bonchev–Trinajstić information content (AvgIpc) is 2.12. The van der Waals surface area contributed by atoms with Gasteiger partial charge in [-0.1, -0.05) is 19.9 Å². The minimum Gasteiger partial charge on any atom is -0.390 e. The number of ketones is 1. The SMILES string of the molecule is CC(=O)C=CC1=C(C)C(O)C(O)CC1(C)C. The maximum atomic E-state index is 10.9. The molecule has 1 aliphatic carbocycles. The topological polar surface area (TPSA) is 57.5 Å². The van der Waals surface area contributed by atoms with Gasteiger partial charge in [-0.2, -0.15) is 0 Å². The summed E-state index contributed by atoms with van der Waals surface area (Å²) in [4.78, 5) is 10.9. The summed E-state index contributed by atoms with van der Waals surface area (Å²) in [5, 5.41) is 19.5. The molecule has 0 fully saturated rings. The minimum atomic E-state index is -0.820. The first-order valence-corrected chi connectivity index (χ1v) is 5.52. The second-order valence-corrected chi connectivity index (χ2v) is 5.14. The monoisotopic (exact) mass is 224 g/mol. The van der Waals surface area contributed by atoms with Crippen LogP contribution in [-0.2, 0) is 4.79 Å². The highest BCUT2D eigenvalue weighted by Gasteiger charge is 2.36. The quantitative estimate of drug-likeness (QED) is 0.700. The molecule has 0 spiro atoms. The molecule has 90 valence electrons. The van der Waals surface area contributed by atoms with Crippen LogP contribution in [0.25, 0.3) is 0 Å². The van der Waals surface area contributed by atoms with E-state index in [4.69, 9.17) is 0 Å². The average molecular weight is 224 g/mol. The zero-order valence-corrected chi connectivity index (χ0v) is 10.3. The summed E-state index contributed by atoms with van der Waals surface area (Å²) in [7, 11) is 0. The van der Waals surface area contributed by atoms with Gasteiger partial charge in [-0.05, 0) is 42.9 Å². The Hall–Kier alpha value is -0.930. The molecular formula is C13H20O3. The van der Waals surface area contributed by atoms with E-state index in [2.05, 4.69) is 0 Å². The first kappa shape index (κ1) is 13.1. The molecule has 1 aliphatic rings. The molecule has 0 heterocycles. The fraction of sp³-hybridized carbons (Fsp3) is 0.615. The number of carbonyl (C=O) groups excluding carboxylic acids is 1. The van der Waals surface area contributed by atoms with Crippen molar-refractivity contribution in [3.63, 3.8) is 0 Å². The first-order chi connectivity index (χ1) is 7.25. The maximum Gasteiger partial charge on any atom is 0.152 e. The van der Waals surface area contributed by atoms with Gasteiger partial charge >= 0.3 is 0 Å². The molecule has 0 bridgehead atoms. The number of hydrogen-bond donors (Lipinski definition) is 2. The molecule has 3 heteroatoms. The van der Waals surface area contributed by atoms with Crippen LogP contribution in [0.1, 0.15) is 34.1 Å². The Balaban J connectivity index is 3.14. The highest BCUT2D eigenvalue weighted by Crippen LogP contribution is 2.40. The molecule has 3 nitrogen and oxygen atoms in total. The van der Waals surface area contributed by atoms with Crippen LogP contribution < -0.4 is 0 Å². The second-order valence-electron chi connectivity index (χ2n) is 5.14. The van der Waals surface area contributed by atoms with Crippen LogP contribution in [0.2, 0.25) is 0 Å². The Kier molecular flexibility index (Phi) is 3.71. The van der Waals surface area contributed by atoms with Gasteiger partial charge in [0, 0.05) is 0 Å². The first-order valence-electron chi connectivity index (χ1n) is 5.52. The highest BCUT2D eigenvalue weighted by molar-refractivity contribution is 5.87. The molecule has 0 amide bonds. The number of allylic oxidation sites excluding steroid dienone is 3. The van der Waals surface area contributed by atoms with Gasteiger partial charge in [-0.3, -0.25) is 4.79 Å². The lowest BCUT2D eigenvalue weighted by Crippen LogP contribution is -2.39. The van der Waals surface area contributed by atoms with Gasteiger partial charge in [0.25, 0.3) is 0 Å². The third-order valence-electron chi connectivity index (χ3n) is 3.17. The third-order valence-corrected chi connectivity index (χ3v) is 3.17. The van der Waals surface area contributed by atoms with Crippen molar-refractivity contribution in [1.82, 2.24) is 0 Å². The van der Waals surface area contributed by atoms with E-state index in [0.717, 1.165) is 11.1 Å². The predicted molar refractivity (Wildman–Crippen MR) is 62.9 cm³/mol. The van der Waals surface area contributed by atoms with Crippen molar-refractivity contribution in [2.45, 2.75) is 46.3 Å². The van der Waals surface area contributed by atoms with Gasteiger partial charge < -0.3 is 10.2 Å². The van der Waals surface area contributed by atoms with E-state index in [1.165, 1.54) is 13.0 Å². The molecule has 0 saturated heterocycles. The zero-order valence-electron chi connectivity index (χ0n) is 10.3. The summed E-state index contributed by atoms with van der Waals surface area (Å²) in [6.07, 6.45) is 2.23. The molecule has 2 N–H and O–H groups in total. The Morgan fingerprint density at radius 1 is 1.44 bits per heavy atom. The summed E-state index contributed by atoms with van der Waals surface area (Å²) in [6.45, 7) is 7.30. The van der Waals surface area contributed by atoms with Gasteiger partial charge in [0.1, 0.15) is 6.10 Å². The van der Waals surface area contributed by atoms with E-state index >= 15 is 0 Å². The third kappa shape index (κ3) is 2.60. The van der Waals surface area contributed by atoms with Crippen LogP contribution in [-0.4, -0.2) is 28.2 Å². The van der Waals surface area contributed by atoms with Crippen molar-refractivity contribution >= 4 is 5.78 Å². The summed E-state index contributed by atoms with van der Waals surface area (Å²) >= 11 is 0. The Labute approximate surface area is 96.5 Å². The van der Waals surface area contributed by atoms with Crippen molar-refractivity contribution in [3.05, 3.63) is 23.3 Å². The van der Waals surface area contributed by atoms with Gasteiger partial charge in [0.15, 0.2) is 5.78 Å². The number of hydrogen-bond acceptors (Lipinski definition) is 3. The number of rotatable bonds is 2. The fourth-order valence-electron chi connectivity index (χ4n) is 2.28. The Morgan fingerprint density at radius 3 is 2.50 bits per heavy atom. The van der Waals surface area contributed by atoms with E-state index in [1.807, 2.05) is 13.8 Å². The zero-order chi connectivity index (χ0) is 12.5. The molecule has 0 saturated carbocycles. The van der Waals surface area contributed by atoms with Crippen molar-refractivity contribution in [3.8, 4) is 0 Å². The van der Waals surface area contributed by atoms with Gasteiger partial charge in [0.05, 0.1) is 6.10 Å². The van der Waals surface area contributed by atoms with E-state index in [1.54, 1.807) is 13.0 Å². The largest absolute Gasteiger partial charge is 0.390 e. The molecular weight excluding hydrogens is 204 g/mol. The summed E-state index contributed by atoms with van der Waals surface area (Å²) < 4.78 is 0. The lowest BCUT2D eigenvalue weighted by Gasteiger charge is -2.38. The van der Waals surface area contributed by atoms with Gasteiger partial charge in [0.2, 0.25) is 0 Å². The molecule has 16 heavy (non-hydrogen) atoms. The molecule has 0 aromatic heterocycles. The van der Waals surface area contributed by atoms with Crippen LogP contribution in [0, 0.1) is 5.41 Å². The molecule has 0 aromatic carbocycles. The normalized spacial score (nSPS) is 29.9. The molecule has 0 radical (unpaired) electrons. The maximum absolute atomic E-state index is 10.9. The van der Waals surface area contributed by atoms with Crippen LogP contribution in [0.5, 0.6) is 0 Å². The molecule has 0 aliphatic heterocycles. The minimum absolute atomic E-state index is 0.0169. The smallest absolute Gasteiger partial charge is 0.152 e. The number of aliphatic hydroxyl groups excluding tert-OH is 2. The van der Waals surface area contributed by atoms with Gasteiger partial charge in [-0.15, -0.1) is 0 Å². The highest BCUT2D eigenvalue weighted by atomic mass is 16.3. The van der Waals surface area contributed by atoms with E-state index < -0.39 is 12.2 Å². The van der Waals surface area contributed by atoms with Crippen LogP contribution >= 0.6 is 0 Å². The van der Waals surface area contributed by atoms with Crippen LogP contribution in [0.4, 0.5) is 0 Å². The second kappa shape index (κ2) is 4.52. The van der Waals surface area contributed by atoms with E-state index in [-0.39, 0.29) is 11.2 Å². The molecule has 1 rings (SSSR count). The lowest BCUT2D eigenvalue weighted by atomic mass is 9.70. The number of carbonyl (C=O) groups is 1.